The molecule has 0 unspecified atom stereocenters. The van der Waals surface area contributed by atoms with E-state index in [1.165, 1.54) is 0 Å². The van der Waals surface area contributed by atoms with Crippen molar-refractivity contribution in [2.45, 2.75) is 0 Å². The van der Waals surface area contributed by atoms with Gasteiger partial charge in [0.15, 0.2) is 11.2 Å². The molecule has 0 bridgehead atoms. The largest absolute Gasteiger partial charge is 0.503 e. The molecule has 0 spiro atoms. The first-order valence-corrected chi connectivity index (χ1v) is 5.05. The van der Waals surface area contributed by atoms with Crippen molar-refractivity contribution in [1.82, 2.24) is 4.98 Å². The first-order valence-electron chi connectivity index (χ1n) is 5.05. The van der Waals surface area contributed by atoms with Crippen molar-refractivity contribution >= 4 is 22.3 Å². The van der Waals surface area contributed by atoms with E-state index in [9.17, 15) is 34.9 Å². The van der Waals surface area contributed by atoms with Crippen LogP contribution in [0.1, 0.15) is 0 Å². The maximum Gasteiger partial charge on any atom is 0.370 e. The molecule has 10 nitrogen and oxygen atoms in total. The molecule has 1 aromatic carbocycles. The highest BCUT2D eigenvalue weighted by Crippen LogP contribution is 2.31. The maximum atomic E-state index is 11.7. The third kappa shape index (κ3) is 1.94. The number of hydrogen-bond donors (Lipinski definition) is 2. The Balaban J connectivity index is 3.18. The Labute approximate surface area is 108 Å². The van der Waals surface area contributed by atoms with Crippen LogP contribution in [-0.2, 0) is 0 Å². The minimum atomic E-state index is -1.17. The third-order valence-corrected chi connectivity index (χ3v) is 2.54. The molecular formula is C10H5N3O7. The number of aromatic hydroxyl groups is 1. The standard InChI is InChI=1S/C10H5N3O7/c14-6-3-7(15)10(16)11-8-4(6)1-2-5(12(17)18)9(8)13(19)20/h1-3,15H,(H,11,16). The molecule has 0 aliphatic heterocycles. The number of benzene rings is 1. The van der Waals surface area contributed by atoms with Gasteiger partial charge in [0.25, 0.3) is 5.56 Å². The first-order chi connectivity index (χ1) is 9.32. The summed E-state index contributed by atoms with van der Waals surface area (Å²) in [5.41, 5.74) is -4.55. The second-order valence-electron chi connectivity index (χ2n) is 3.72. The lowest BCUT2D eigenvalue weighted by atomic mass is 10.2. The number of nitro benzene ring substituents is 2. The second kappa shape index (κ2) is 4.42. The fraction of sp³-hybridized carbons (Fsp3) is 0. The summed E-state index contributed by atoms with van der Waals surface area (Å²) in [7, 11) is 0. The Bertz CT molecular complexity index is 871. The Morgan fingerprint density at radius 3 is 2.30 bits per heavy atom. The number of aromatic amines is 1. The number of H-pyrrole nitrogens is 1. The molecule has 0 aliphatic carbocycles. The number of aromatic nitrogens is 1. The number of rotatable bonds is 2. The van der Waals surface area contributed by atoms with E-state index in [1.54, 1.807) is 0 Å². The summed E-state index contributed by atoms with van der Waals surface area (Å²) in [5.74, 6) is -0.942. The van der Waals surface area contributed by atoms with E-state index >= 15 is 0 Å². The molecule has 2 aromatic rings. The van der Waals surface area contributed by atoms with Gasteiger partial charge in [0, 0.05) is 12.1 Å². The maximum absolute atomic E-state index is 11.7. The summed E-state index contributed by atoms with van der Waals surface area (Å²) in [6.07, 6.45) is 0. The number of nitrogens with zero attached hydrogens (tertiary/aromatic N) is 2. The van der Waals surface area contributed by atoms with Crippen LogP contribution in [0.5, 0.6) is 5.75 Å². The van der Waals surface area contributed by atoms with E-state index in [4.69, 9.17) is 0 Å². The van der Waals surface area contributed by atoms with E-state index in [-0.39, 0.29) is 5.39 Å². The van der Waals surface area contributed by atoms with Crippen molar-refractivity contribution in [3.63, 3.8) is 0 Å². The lowest BCUT2D eigenvalue weighted by Gasteiger charge is -1.97. The van der Waals surface area contributed by atoms with Crippen molar-refractivity contribution in [3.05, 3.63) is 59.0 Å². The molecule has 1 heterocycles. The second-order valence-corrected chi connectivity index (χ2v) is 3.72. The quantitative estimate of drug-likeness (QED) is 0.595. The van der Waals surface area contributed by atoms with Crippen LogP contribution in [0.4, 0.5) is 11.4 Å². The highest BCUT2D eigenvalue weighted by atomic mass is 16.6. The van der Waals surface area contributed by atoms with Crippen molar-refractivity contribution in [2.24, 2.45) is 0 Å². The molecule has 0 saturated heterocycles. The molecule has 2 rings (SSSR count). The molecular weight excluding hydrogens is 274 g/mol. The predicted molar refractivity (Wildman–Crippen MR) is 65.8 cm³/mol. The first kappa shape index (κ1) is 13.1. The average molecular weight is 279 g/mol. The van der Waals surface area contributed by atoms with Crippen LogP contribution >= 0.6 is 0 Å². The zero-order valence-electron chi connectivity index (χ0n) is 9.52. The van der Waals surface area contributed by atoms with Gasteiger partial charge in [-0.15, -0.1) is 0 Å². The van der Waals surface area contributed by atoms with Gasteiger partial charge in [-0.2, -0.15) is 0 Å². The fourth-order valence-corrected chi connectivity index (χ4v) is 1.69. The van der Waals surface area contributed by atoms with E-state index in [0.29, 0.717) is 6.07 Å². The Morgan fingerprint density at radius 2 is 1.75 bits per heavy atom. The van der Waals surface area contributed by atoms with Crippen LogP contribution in [0.15, 0.2) is 27.8 Å². The summed E-state index contributed by atoms with van der Waals surface area (Å²) in [6, 6.07) is 2.34. The van der Waals surface area contributed by atoms with Gasteiger partial charge in [-0.25, -0.2) is 0 Å². The molecule has 0 aliphatic rings. The predicted octanol–water partition coefficient (Wildman–Crippen LogP) is 0.410. The topological polar surface area (TPSA) is 156 Å². The number of hydrogen-bond acceptors (Lipinski definition) is 7. The minimum absolute atomic E-state index is 0.320. The van der Waals surface area contributed by atoms with Gasteiger partial charge in [-0.1, -0.05) is 0 Å². The van der Waals surface area contributed by atoms with Gasteiger partial charge in [-0.3, -0.25) is 29.8 Å². The number of nitro groups is 2. The average Bonchev–Trinajstić information content (AvgIpc) is 2.46. The lowest BCUT2D eigenvalue weighted by Crippen LogP contribution is -2.04. The lowest BCUT2D eigenvalue weighted by molar-refractivity contribution is -0.421. The van der Waals surface area contributed by atoms with Gasteiger partial charge < -0.3 is 10.1 Å². The molecule has 2 N–H and O–H groups in total. The summed E-state index contributed by atoms with van der Waals surface area (Å²) >= 11 is 0. The van der Waals surface area contributed by atoms with E-state index in [1.807, 2.05) is 4.98 Å². The van der Waals surface area contributed by atoms with Gasteiger partial charge in [0.05, 0.1) is 15.2 Å². The molecule has 1 aromatic heterocycles. The Kier molecular flexibility index (Phi) is 2.90. The molecule has 0 saturated carbocycles. The third-order valence-electron chi connectivity index (χ3n) is 2.54. The zero-order valence-corrected chi connectivity index (χ0v) is 9.52. The van der Waals surface area contributed by atoms with Crippen LogP contribution < -0.4 is 11.0 Å². The number of nitrogens with one attached hydrogen (secondary N) is 1. The van der Waals surface area contributed by atoms with Crippen molar-refractivity contribution in [2.75, 3.05) is 0 Å². The normalized spacial score (nSPS) is 10.4. The van der Waals surface area contributed by atoms with Gasteiger partial charge in [0.1, 0.15) is 5.52 Å². The molecule has 102 valence electrons. The van der Waals surface area contributed by atoms with Crippen molar-refractivity contribution in [1.29, 1.82) is 0 Å². The van der Waals surface area contributed by atoms with Crippen LogP contribution in [0, 0.1) is 20.2 Å². The zero-order chi connectivity index (χ0) is 15.0. The van der Waals surface area contributed by atoms with Crippen molar-refractivity contribution < 1.29 is 15.0 Å². The summed E-state index contributed by atoms with van der Waals surface area (Å²) < 4.78 is 0. The molecule has 0 amide bonds. The van der Waals surface area contributed by atoms with Crippen LogP contribution in [0.25, 0.3) is 10.9 Å². The molecule has 0 atom stereocenters. The van der Waals surface area contributed by atoms with Gasteiger partial charge >= 0.3 is 11.4 Å². The van der Waals surface area contributed by atoms with Crippen LogP contribution in [0.2, 0.25) is 0 Å². The smallest absolute Gasteiger partial charge is 0.370 e. The Hall–Kier alpha value is -3.30. The Morgan fingerprint density at radius 1 is 1.10 bits per heavy atom. The molecule has 10 heteroatoms. The minimum Gasteiger partial charge on any atom is -0.503 e. The van der Waals surface area contributed by atoms with E-state index < -0.39 is 43.5 Å². The van der Waals surface area contributed by atoms with E-state index in [0.717, 1.165) is 12.1 Å². The van der Waals surface area contributed by atoms with Crippen molar-refractivity contribution in [3.8, 4) is 5.75 Å². The summed E-state index contributed by atoms with van der Waals surface area (Å²) in [5, 5.41) is 30.6. The molecule has 0 fully saturated rings. The molecule has 20 heavy (non-hydrogen) atoms. The summed E-state index contributed by atoms with van der Waals surface area (Å²) in [6.45, 7) is 0. The van der Waals surface area contributed by atoms with E-state index in [2.05, 4.69) is 0 Å². The monoisotopic (exact) mass is 279 g/mol. The molecule has 0 radical (unpaired) electrons. The van der Waals surface area contributed by atoms with Crippen LogP contribution in [0.3, 0.4) is 0 Å². The highest BCUT2D eigenvalue weighted by molar-refractivity contribution is 5.91. The van der Waals surface area contributed by atoms with Crippen LogP contribution in [-0.4, -0.2) is 19.9 Å². The number of fused-ring (bicyclic) bond motifs is 1. The van der Waals surface area contributed by atoms with Gasteiger partial charge in [-0.05, 0) is 6.07 Å². The SMILES string of the molecule is O=c1[nH]c2c([N+](=O)[O-])c([N+](=O)[O-])ccc2c(=O)cc1O. The van der Waals surface area contributed by atoms with Gasteiger partial charge in [0.2, 0.25) is 0 Å². The highest BCUT2D eigenvalue weighted by Gasteiger charge is 2.28. The summed E-state index contributed by atoms with van der Waals surface area (Å²) in [4.78, 5) is 44.7. The fourth-order valence-electron chi connectivity index (χ4n) is 1.69.